The number of nitrogens with zero attached hydrogens (tertiary/aromatic N) is 1. The molecule has 8 aromatic carbocycles. The Morgan fingerprint density at radius 2 is 0.904 bits per heavy atom. The predicted octanol–water partition coefficient (Wildman–Crippen LogP) is 15.1. The van der Waals surface area contributed by atoms with Gasteiger partial charge in [0, 0.05) is 73.7 Å². The second kappa shape index (κ2) is 11.7. The van der Waals surface area contributed by atoms with Gasteiger partial charge in [-0.3, -0.25) is 0 Å². The van der Waals surface area contributed by atoms with Crippen LogP contribution >= 0.6 is 22.7 Å². The summed E-state index contributed by atoms with van der Waals surface area (Å²) < 4.78 is 11.6. The summed E-state index contributed by atoms with van der Waals surface area (Å²) in [7, 11) is 0. The smallest absolute Gasteiger partial charge is 0.143 e. The molecule has 0 N–H and O–H groups in total. The van der Waals surface area contributed by atoms with E-state index < -0.39 is 0 Å². The molecule has 0 saturated heterocycles. The molecule has 11 aromatic rings. The highest BCUT2D eigenvalue weighted by atomic mass is 32.1. The van der Waals surface area contributed by atoms with Crippen molar-refractivity contribution in [1.29, 1.82) is 0 Å². The summed E-state index contributed by atoms with van der Waals surface area (Å²) in [6.07, 6.45) is 0. The Morgan fingerprint density at radius 3 is 1.69 bits per heavy atom. The molecule has 3 aromatic heterocycles. The van der Waals surface area contributed by atoms with Gasteiger partial charge in [-0.25, -0.2) is 0 Å². The van der Waals surface area contributed by atoms with Crippen LogP contribution in [-0.2, 0) is 0 Å². The molecular formula is C48H29NOS2. The largest absolute Gasteiger partial charge is 0.455 e. The van der Waals surface area contributed by atoms with E-state index in [9.17, 15) is 0 Å². The van der Waals surface area contributed by atoms with Crippen LogP contribution in [0.25, 0.3) is 84.5 Å². The topological polar surface area (TPSA) is 16.4 Å². The van der Waals surface area contributed by atoms with Gasteiger partial charge in [-0.15, -0.1) is 22.7 Å². The van der Waals surface area contributed by atoms with E-state index in [1.54, 1.807) is 0 Å². The Hall–Kier alpha value is -6.20. The minimum Gasteiger partial charge on any atom is -0.455 e. The molecule has 0 bridgehead atoms. The van der Waals surface area contributed by atoms with Gasteiger partial charge in [-0.2, -0.15) is 0 Å². The van der Waals surface area contributed by atoms with Crippen molar-refractivity contribution in [3.63, 3.8) is 0 Å². The first kappa shape index (κ1) is 29.5. The van der Waals surface area contributed by atoms with Crippen LogP contribution in [0.4, 0.5) is 17.1 Å². The summed E-state index contributed by atoms with van der Waals surface area (Å²) in [5.74, 6) is 0. The van der Waals surface area contributed by atoms with Crippen molar-refractivity contribution in [2.75, 3.05) is 4.90 Å². The average Bonchev–Trinajstić information content (AvgIpc) is 3.90. The van der Waals surface area contributed by atoms with Crippen LogP contribution in [0.15, 0.2) is 180 Å². The molecule has 0 unspecified atom stereocenters. The van der Waals surface area contributed by atoms with Crippen molar-refractivity contribution in [1.82, 2.24) is 0 Å². The van der Waals surface area contributed by atoms with Crippen molar-refractivity contribution >= 4 is 102 Å². The van der Waals surface area contributed by atoms with Gasteiger partial charge in [0.15, 0.2) is 0 Å². The Kier molecular flexibility index (Phi) is 6.63. The second-order valence-corrected chi connectivity index (χ2v) is 15.4. The summed E-state index contributed by atoms with van der Waals surface area (Å²) in [5.41, 5.74) is 9.88. The van der Waals surface area contributed by atoms with Gasteiger partial charge in [0.25, 0.3) is 0 Å². The molecule has 244 valence electrons. The molecule has 0 radical (unpaired) electrons. The number of furan rings is 1. The zero-order valence-corrected chi connectivity index (χ0v) is 29.5. The van der Waals surface area contributed by atoms with Crippen LogP contribution in [0.5, 0.6) is 0 Å². The summed E-state index contributed by atoms with van der Waals surface area (Å²) >= 11 is 3.72. The molecule has 0 aliphatic rings. The summed E-state index contributed by atoms with van der Waals surface area (Å²) in [4.78, 5) is 2.37. The highest BCUT2D eigenvalue weighted by molar-refractivity contribution is 7.26. The summed E-state index contributed by atoms with van der Waals surface area (Å²) in [6, 6.07) is 63.7. The molecule has 0 fully saturated rings. The predicted molar refractivity (Wildman–Crippen MR) is 225 cm³/mol. The number of anilines is 3. The van der Waals surface area contributed by atoms with Gasteiger partial charge in [-0.05, 0) is 77.4 Å². The summed E-state index contributed by atoms with van der Waals surface area (Å²) in [5, 5.41) is 7.54. The molecule has 0 aliphatic heterocycles. The highest BCUT2D eigenvalue weighted by Crippen LogP contribution is 2.44. The van der Waals surface area contributed by atoms with Crippen molar-refractivity contribution in [2.24, 2.45) is 0 Å². The summed E-state index contributed by atoms with van der Waals surface area (Å²) in [6.45, 7) is 0. The Labute approximate surface area is 308 Å². The number of para-hydroxylation sites is 2. The van der Waals surface area contributed by atoms with Crippen molar-refractivity contribution in [2.45, 2.75) is 0 Å². The Bertz CT molecular complexity index is 3130. The number of benzene rings is 8. The van der Waals surface area contributed by atoms with Gasteiger partial charge in [0.2, 0.25) is 0 Å². The van der Waals surface area contributed by atoms with Crippen LogP contribution in [0.1, 0.15) is 0 Å². The van der Waals surface area contributed by atoms with Crippen LogP contribution in [0, 0.1) is 0 Å². The molecule has 52 heavy (non-hydrogen) atoms. The minimum absolute atomic E-state index is 0.913. The molecule has 3 heterocycles. The quantitative estimate of drug-likeness (QED) is 0.178. The van der Waals surface area contributed by atoms with Gasteiger partial charge in [0.1, 0.15) is 11.2 Å². The van der Waals surface area contributed by atoms with Crippen molar-refractivity contribution < 1.29 is 4.42 Å². The monoisotopic (exact) mass is 699 g/mol. The van der Waals surface area contributed by atoms with E-state index in [2.05, 4.69) is 169 Å². The third-order valence-corrected chi connectivity index (χ3v) is 12.6. The molecule has 4 heteroatoms. The van der Waals surface area contributed by atoms with E-state index in [4.69, 9.17) is 4.42 Å². The van der Waals surface area contributed by atoms with E-state index in [0.29, 0.717) is 0 Å². The number of fused-ring (bicyclic) bond motifs is 9. The third kappa shape index (κ3) is 4.62. The molecule has 0 saturated carbocycles. The van der Waals surface area contributed by atoms with Crippen LogP contribution in [-0.4, -0.2) is 0 Å². The first-order valence-electron chi connectivity index (χ1n) is 17.5. The fraction of sp³-hybridized carbons (Fsp3) is 0. The molecule has 0 aliphatic carbocycles. The number of rotatable bonds is 5. The normalized spacial score (nSPS) is 11.8. The number of thiophene rings is 2. The maximum Gasteiger partial charge on any atom is 0.143 e. The molecule has 0 atom stereocenters. The van der Waals surface area contributed by atoms with E-state index in [1.165, 1.54) is 51.5 Å². The Balaban J connectivity index is 1.04. The fourth-order valence-corrected chi connectivity index (χ4v) is 10.1. The maximum absolute atomic E-state index is 6.40. The van der Waals surface area contributed by atoms with E-state index in [1.807, 2.05) is 34.8 Å². The van der Waals surface area contributed by atoms with Crippen LogP contribution in [0.3, 0.4) is 0 Å². The molecule has 0 spiro atoms. The molecule has 0 amide bonds. The van der Waals surface area contributed by atoms with Crippen molar-refractivity contribution in [3.05, 3.63) is 176 Å². The lowest BCUT2D eigenvalue weighted by molar-refractivity contribution is 0.670. The Morgan fingerprint density at radius 1 is 0.365 bits per heavy atom. The lowest BCUT2D eigenvalue weighted by Crippen LogP contribution is -2.09. The van der Waals surface area contributed by atoms with E-state index >= 15 is 0 Å². The third-order valence-electron chi connectivity index (χ3n) is 10.3. The molecule has 11 rings (SSSR count). The van der Waals surface area contributed by atoms with E-state index in [0.717, 1.165) is 50.1 Å². The zero-order valence-electron chi connectivity index (χ0n) is 27.9. The fourth-order valence-electron chi connectivity index (χ4n) is 7.87. The van der Waals surface area contributed by atoms with Gasteiger partial charge in [0.05, 0.1) is 0 Å². The van der Waals surface area contributed by atoms with Gasteiger partial charge in [-0.1, -0.05) is 115 Å². The second-order valence-electron chi connectivity index (χ2n) is 13.3. The highest BCUT2D eigenvalue weighted by Gasteiger charge is 2.18. The average molecular weight is 700 g/mol. The van der Waals surface area contributed by atoms with Crippen LogP contribution < -0.4 is 4.90 Å². The zero-order chi connectivity index (χ0) is 34.2. The lowest BCUT2D eigenvalue weighted by Gasteiger charge is -2.26. The number of hydrogen-bond acceptors (Lipinski definition) is 4. The van der Waals surface area contributed by atoms with Gasteiger partial charge < -0.3 is 9.32 Å². The standard InChI is InChI=1S/C48H29NOS2/c1-4-15-42-37(9-1)40-14-7-13-36(48(40)50-42)31-21-25-33(26-22-31)49(34-27-28-39-38-10-2-5-16-43(38)52-46(39)29-34)32-23-19-30(20-24-32)35-12-8-18-45-47(35)41-11-3-6-17-44(41)51-45/h1-29H. The van der Waals surface area contributed by atoms with Crippen molar-refractivity contribution in [3.8, 4) is 22.3 Å². The van der Waals surface area contributed by atoms with E-state index in [-0.39, 0.29) is 0 Å². The minimum atomic E-state index is 0.913. The first-order valence-corrected chi connectivity index (χ1v) is 19.1. The van der Waals surface area contributed by atoms with Crippen LogP contribution in [0.2, 0.25) is 0 Å². The lowest BCUT2D eigenvalue weighted by atomic mass is 9.99. The maximum atomic E-state index is 6.40. The number of hydrogen-bond donors (Lipinski definition) is 0. The molecule has 2 nitrogen and oxygen atoms in total. The molecular weight excluding hydrogens is 671 g/mol. The SMILES string of the molecule is c1ccc2c(c1)oc1c(-c3ccc(N(c4ccc(-c5cccc6sc7ccccc7c56)cc4)c4ccc5c(c4)sc4ccccc45)cc3)cccc12. The van der Waals surface area contributed by atoms with Gasteiger partial charge >= 0.3 is 0 Å². The first-order chi connectivity index (χ1) is 25.8.